The van der Waals surface area contributed by atoms with Gasteiger partial charge in [0.05, 0.1) is 10.0 Å². The summed E-state index contributed by atoms with van der Waals surface area (Å²) < 4.78 is 0. The van der Waals surface area contributed by atoms with E-state index in [0.717, 1.165) is 31.1 Å². The summed E-state index contributed by atoms with van der Waals surface area (Å²) in [6, 6.07) is 6.26. The lowest BCUT2D eigenvalue weighted by Crippen LogP contribution is -2.38. The maximum Gasteiger partial charge on any atom is 0.0637 e. The molecule has 0 amide bonds. The van der Waals surface area contributed by atoms with Crippen LogP contribution in [0.4, 0.5) is 0 Å². The average Bonchev–Trinajstić information content (AvgIpc) is 2.79. The molecule has 0 bridgehead atoms. The molecule has 2 aliphatic rings. The number of halogens is 2. The first-order valence-electron chi connectivity index (χ1n) is 7.06. The number of rotatable bonds is 2. The lowest BCUT2D eigenvalue weighted by Gasteiger charge is -2.29. The molecule has 2 N–H and O–H groups in total. The fourth-order valence-corrected chi connectivity index (χ4v) is 4.03. The van der Waals surface area contributed by atoms with E-state index in [1.165, 1.54) is 19.3 Å². The van der Waals surface area contributed by atoms with Gasteiger partial charge < -0.3 is 5.73 Å². The second-order valence-corrected chi connectivity index (χ2v) is 6.71. The summed E-state index contributed by atoms with van der Waals surface area (Å²) in [6.45, 7) is 3.15. The van der Waals surface area contributed by atoms with E-state index >= 15 is 0 Å². The van der Waals surface area contributed by atoms with Crippen LogP contribution in [-0.2, 0) is 6.54 Å². The Morgan fingerprint density at radius 3 is 2.84 bits per heavy atom. The van der Waals surface area contributed by atoms with Crippen molar-refractivity contribution in [3.8, 4) is 0 Å². The molecule has 1 saturated heterocycles. The van der Waals surface area contributed by atoms with Gasteiger partial charge in [-0.2, -0.15) is 0 Å². The van der Waals surface area contributed by atoms with Crippen molar-refractivity contribution in [3.05, 3.63) is 33.8 Å². The normalized spacial score (nSPS) is 31.4. The van der Waals surface area contributed by atoms with E-state index < -0.39 is 0 Å². The highest BCUT2D eigenvalue weighted by Crippen LogP contribution is 2.37. The largest absolute Gasteiger partial charge is 0.327 e. The third-order valence-corrected chi connectivity index (χ3v) is 5.51. The van der Waals surface area contributed by atoms with Crippen molar-refractivity contribution in [1.29, 1.82) is 0 Å². The van der Waals surface area contributed by atoms with E-state index in [2.05, 4.69) is 11.0 Å². The van der Waals surface area contributed by atoms with Crippen LogP contribution in [0.25, 0.3) is 0 Å². The number of hydrogen-bond donors (Lipinski definition) is 1. The Morgan fingerprint density at radius 2 is 2.05 bits per heavy atom. The molecule has 3 atom stereocenters. The Balaban J connectivity index is 1.70. The summed E-state index contributed by atoms with van der Waals surface area (Å²) in [5.74, 6) is 1.45. The van der Waals surface area contributed by atoms with Crippen LogP contribution in [0.5, 0.6) is 0 Å². The number of nitrogens with two attached hydrogens (primary N) is 1. The number of fused-ring (bicyclic) bond motifs is 1. The maximum absolute atomic E-state index is 6.27. The molecule has 2 nitrogen and oxygen atoms in total. The number of nitrogens with zero attached hydrogens (tertiary/aromatic N) is 1. The molecule has 0 radical (unpaired) electrons. The quantitative estimate of drug-likeness (QED) is 0.905. The van der Waals surface area contributed by atoms with E-state index in [-0.39, 0.29) is 0 Å². The highest BCUT2D eigenvalue weighted by molar-refractivity contribution is 6.42. The molecular weight excluding hydrogens is 279 g/mol. The summed E-state index contributed by atoms with van der Waals surface area (Å²) in [7, 11) is 0. The van der Waals surface area contributed by atoms with Gasteiger partial charge in [0.1, 0.15) is 0 Å². The Kier molecular flexibility index (Phi) is 4.04. The zero-order valence-electron chi connectivity index (χ0n) is 11.0. The molecule has 4 heteroatoms. The van der Waals surface area contributed by atoms with Gasteiger partial charge in [-0.25, -0.2) is 0 Å². The molecule has 0 aromatic heterocycles. The molecule has 1 aromatic carbocycles. The van der Waals surface area contributed by atoms with Gasteiger partial charge in [-0.1, -0.05) is 41.8 Å². The molecule has 1 aliphatic carbocycles. The Bertz CT molecular complexity index is 463. The molecule has 3 rings (SSSR count). The van der Waals surface area contributed by atoms with Gasteiger partial charge in [0.15, 0.2) is 0 Å². The van der Waals surface area contributed by atoms with E-state index in [0.29, 0.717) is 22.0 Å². The first-order valence-corrected chi connectivity index (χ1v) is 7.81. The Labute approximate surface area is 124 Å². The smallest absolute Gasteiger partial charge is 0.0637 e. The predicted octanol–water partition coefficient (Wildman–Crippen LogP) is 3.55. The first-order chi connectivity index (χ1) is 9.15. The number of benzene rings is 1. The van der Waals surface area contributed by atoms with Crippen molar-refractivity contribution in [2.75, 3.05) is 13.1 Å². The summed E-state index contributed by atoms with van der Waals surface area (Å²) in [5, 5.41) is 1.34. The van der Waals surface area contributed by atoms with Crippen molar-refractivity contribution in [2.24, 2.45) is 17.6 Å². The fraction of sp³-hybridized carbons (Fsp3) is 0.600. The molecule has 1 aromatic rings. The molecule has 2 fully saturated rings. The summed E-state index contributed by atoms with van der Waals surface area (Å²) in [5.41, 5.74) is 7.38. The van der Waals surface area contributed by atoms with Gasteiger partial charge in [0.2, 0.25) is 0 Å². The van der Waals surface area contributed by atoms with Gasteiger partial charge in [0, 0.05) is 25.7 Å². The number of likely N-dealkylation sites (tertiary alicyclic amines) is 1. The topological polar surface area (TPSA) is 29.3 Å². The van der Waals surface area contributed by atoms with Crippen LogP contribution in [0.3, 0.4) is 0 Å². The molecule has 19 heavy (non-hydrogen) atoms. The van der Waals surface area contributed by atoms with Crippen molar-refractivity contribution < 1.29 is 0 Å². The van der Waals surface area contributed by atoms with Crippen LogP contribution >= 0.6 is 23.2 Å². The third-order valence-electron chi connectivity index (χ3n) is 4.66. The van der Waals surface area contributed by atoms with Crippen LogP contribution in [0.15, 0.2) is 18.2 Å². The van der Waals surface area contributed by atoms with Gasteiger partial charge >= 0.3 is 0 Å². The molecule has 0 spiro atoms. The average molecular weight is 299 g/mol. The molecule has 1 saturated carbocycles. The summed E-state index contributed by atoms with van der Waals surface area (Å²) >= 11 is 12.3. The van der Waals surface area contributed by atoms with Crippen LogP contribution in [-0.4, -0.2) is 24.0 Å². The molecule has 1 aliphatic heterocycles. The van der Waals surface area contributed by atoms with E-state index in [1.54, 1.807) is 0 Å². The zero-order chi connectivity index (χ0) is 13.4. The molecule has 3 unspecified atom stereocenters. The maximum atomic E-state index is 6.27. The van der Waals surface area contributed by atoms with E-state index in [4.69, 9.17) is 28.9 Å². The van der Waals surface area contributed by atoms with Crippen molar-refractivity contribution in [3.63, 3.8) is 0 Å². The van der Waals surface area contributed by atoms with Gasteiger partial charge in [0.25, 0.3) is 0 Å². The summed E-state index contributed by atoms with van der Waals surface area (Å²) in [6.07, 6.45) is 3.80. The van der Waals surface area contributed by atoms with Crippen LogP contribution in [0.1, 0.15) is 24.8 Å². The van der Waals surface area contributed by atoms with Gasteiger partial charge in [-0.05, 0) is 36.3 Å². The van der Waals surface area contributed by atoms with E-state index in [9.17, 15) is 0 Å². The second-order valence-electron chi connectivity index (χ2n) is 5.93. The predicted molar refractivity (Wildman–Crippen MR) is 80.5 cm³/mol. The van der Waals surface area contributed by atoms with Crippen molar-refractivity contribution in [1.82, 2.24) is 4.90 Å². The summed E-state index contributed by atoms with van der Waals surface area (Å²) in [4.78, 5) is 2.48. The SMILES string of the molecule is NC1CCCC2CN(Cc3cccc(Cl)c3Cl)CC12. The van der Waals surface area contributed by atoms with Crippen LogP contribution in [0, 0.1) is 11.8 Å². The van der Waals surface area contributed by atoms with Crippen molar-refractivity contribution >= 4 is 23.2 Å². The zero-order valence-corrected chi connectivity index (χ0v) is 12.5. The third kappa shape index (κ3) is 2.78. The van der Waals surface area contributed by atoms with Crippen molar-refractivity contribution in [2.45, 2.75) is 31.8 Å². The minimum absolute atomic E-state index is 0.388. The monoisotopic (exact) mass is 298 g/mol. The first kappa shape index (κ1) is 13.7. The lowest BCUT2D eigenvalue weighted by atomic mass is 9.78. The molecular formula is C15H20Cl2N2. The standard InChI is InChI=1S/C15H20Cl2N2/c16-13-5-1-4-11(15(13)17)8-19-7-10-3-2-6-14(18)12(10)9-19/h1,4-5,10,12,14H,2-3,6-9,18H2. The number of hydrogen-bond acceptors (Lipinski definition) is 2. The molecule has 104 valence electrons. The fourth-order valence-electron chi connectivity index (χ4n) is 3.65. The van der Waals surface area contributed by atoms with Gasteiger partial charge in [-0.3, -0.25) is 4.90 Å². The second kappa shape index (κ2) is 5.61. The van der Waals surface area contributed by atoms with E-state index in [1.807, 2.05) is 12.1 Å². The minimum Gasteiger partial charge on any atom is -0.327 e. The Hall–Kier alpha value is -0.280. The van der Waals surface area contributed by atoms with Crippen LogP contribution < -0.4 is 5.73 Å². The Morgan fingerprint density at radius 1 is 1.21 bits per heavy atom. The molecule has 1 heterocycles. The van der Waals surface area contributed by atoms with Gasteiger partial charge in [-0.15, -0.1) is 0 Å². The van der Waals surface area contributed by atoms with Crippen LogP contribution in [0.2, 0.25) is 10.0 Å². The lowest BCUT2D eigenvalue weighted by molar-refractivity contribution is 0.259. The highest BCUT2D eigenvalue weighted by Gasteiger charge is 2.38. The minimum atomic E-state index is 0.388. The highest BCUT2D eigenvalue weighted by atomic mass is 35.5.